The Balaban J connectivity index is 0.00000127. The summed E-state index contributed by atoms with van der Waals surface area (Å²) in [5.74, 6) is -0.391. The molecule has 3 aromatic rings. The van der Waals surface area contributed by atoms with Gasteiger partial charge in [-0.05, 0) is 47.9 Å². The Morgan fingerprint density at radius 2 is 1.97 bits per heavy atom. The van der Waals surface area contributed by atoms with Crippen molar-refractivity contribution in [2.24, 2.45) is 10.7 Å². The van der Waals surface area contributed by atoms with Crippen molar-refractivity contribution >= 4 is 62.7 Å². The molecule has 1 aliphatic heterocycles. The normalized spacial score (nSPS) is 15.8. The average Bonchev–Trinajstić information content (AvgIpc) is 2.89. The lowest BCUT2D eigenvalue weighted by Crippen LogP contribution is -2.31. The van der Waals surface area contributed by atoms with Crippen LogP contribution < -0.4 is 21.3 Å². The predicted molar refractivity (Wildman–Crippen MR) is 157 cm³/mol. The maximum atomic E-state index is 14.9. The number of allylic oxidation sites excluding steroid dienone is 2. The summed E-state index contributed by atoms with van der Waals surface area (Å²) in [5, 5.41) is 3.45. The lowest BCUT2D eigenvalue weighted by molar-refractivity contribution is 0.257. The number of amidine groups is 1. The highest BCUT2D eigenvalue weighted by Gasteiger charge is 2.18. The summed E-state index contributed by atoms with van der Waals surface area (Å²) in [6.07, 6.45) is 7.66. The lowest BCUT2D eigenvalue weighted by atomic mass is 10.1. The minimum atomic E-state index is -1.82. The third kappa shape index (κ3) is 7.12. The molecular formula is C26H27ClFN5O3S2. The molecule has 2 amide bonds. The molecule has 2 heterocycles. The number of carbonyl (C=O) groups is 1. The Morgan fingerprint density at radius 3 is 2.63 bits per heavy atom. The Kier molecular flexibility index (Phi) is 10.3. The zero-order valence-corrected chi connectivity index (χ0v) is 23.3. The van der Waals surface area contributed by atoms with Crippen LogP contribution in [0.4, 0.5) is 14.9 Å². The summed E-state index contributed by atoms with van der Waals surface area (Å²) in [6, 6.07) is 9.79. The first-order chi connectivity index (χ1) is 18.2. The van der Waals surface area contributed by atoms with E-state index in [1.54, 1.807) is 49.5 Å². The Hall–Kier alpha value is -3.41. The van der Waals surface area contributed by atoms with Gasteiger partial charge in [0, 0.05) is 29.9 Å². The molecule has 0 radical (unpaired) electrons. The maximum Gasteiger partial charge on any atom is 0.331 e. The van der Waals surface area contributed by atoms with E-state index in [9.17, 15) is 18.2 Å². The number of thioether (sulfide) groups is 1. The molecule has 4 rings (SSSR count). The number of amides is 2. The van der Waals surface area contributed by atoms with Gasteiger partial charge in [-0.15, -0.1) is 11.6 Å². The van der Waals surface area contributed by atoms with Gasteiger partial charge in [-0.2, -0.15) is 0 Å². The van der Waals surface area contributed by atoms with Crippen molar-refractivity contribution in [3.8, 4) is 5.69 Å². The van der Waals surface area contributed by atoms with Crippen molar-refractivity contribution in [2.45, 2.75) is 25.0 Å². The molecule has 1 aliphatic rings. The number of aliphatic imine (C=N–C) groups is 1. The third-order valence-corrected chi connectivity index (χ3v) is 7.78. The number of carbonyl (C=O) groups excluding carboxylic acids is 1. The van der Waals surface area contributed by atoms with E-state index >= 15 is 0 Å². The molecule has 1 aromatic heterocycles. The average molecular weight is 576 g/mol. The van der Waals surface area contributed by atoms with Crippen molar-refractivity contribution < 1.29 is 13.4 Å². The third-order valence-electron chi connectivity index (χ3n) is 5.00. The highest BCUT2D eigenvalue weighted by atomic mass is 35.5. The van der Waals surface area contributed by atoms with Gasteiger partial charge in [-0.1, -0.05) is 50.2 Å². The minimum Gasteiger partial charge on any atom is -0.384 e. The molecule has 2 aromatic carbocycles. The quantitative estimate of drug-likeness (QED) is 0.214. The molecule has 200 valence electrons. The van der Waals surface area contributed by atoms with Gasteiger partial charge in [-0.25, -0.2) is 13.4 Å². The fourth-order valence-electron chi connectivity index (χ4n) is 3.31. The first kappa shape index (κ1) is 29.2. The predicted octanol–water partition coefficient (Wildman–Crippen LogP) is 5.38. The zero-order chi connectivity index (χ0) is 27.8. The number of nitrogens with two attached hydrogens (primary N) is 1. The number of fused-ring (bicyclic) bond motifs is 1. The van der Waals surface area contributed by atoms with Gasteiger partial charge < -0.3 is 11.1 Å². The number of halogens is 2. The summed E-state index contributed by atoms with van der Waals surface area (Å²) in [4.78, 5) is 29.1. The molecule has 8 nitrogen and oxygen atoms in total. The van der Waals surface area contributed by atoms with Crippen LogP contribution in [0.25, 0.3) is 16.5 Å². The van der Waals surface area contributed by atoms with Crippen LogP contribution in [0.3, 0.4) is 0 Å². The molecule has 0 spiro atoms. The van der Waals surface area contributed by atoms with E-state index in [4.69, 9.17) is 17.3 Å². The van der Waals surface area contributed by atoms with Crippen LogP contribution in [0.5, 0.6) is 0 Å². The first-order valence-corrected chi connectivity index (χ1v) is 14.0. The van der Waals surface area contributed by atoms with Gasteiger partial charge in [0.1, 0.15) is 16.4 Å². The number of nitrogens with zero attached hydrogens (tertiary/aromatic N) is 2. The number of pyridine rings is 1. The van der Waals surface area contributed by atoms with Gasteiger partial charge in [0.25, 0.3) is 5.56 Å². The number of hydrogen-bond acceptors (Lipinski definition) is 5. The second-order valence-corrected chi connectivity index (χ2v) is 11.3. The van der Waals surface area contributed by atoms with E-state index < -0.39 is 28.4 Å². The minimum absolute atomic E-state index is 0.00819. The van der Waals surface area contributed by atoms with Gasteiger partial charge >= 0.3 is 6.03 Å². The molecule has 2 atom stereocenters. The second-order valence-electron chi connectivity index (χ2n) is 7.94. The number of aromatic nitrogens is 1. The molecule has 4 N–H and O–H groups in total. The van der Waals surface area contributed by atoms with Gasteiger partial charge in [0.2, 0.25) is 0 Å². The number of hydrogen-bond donors (Lipinski definition) is 3. The summed E-state index contributed by atoms with van der Waals surface area (Å²) < 4.78 is 30.7. The van der Waals surface area contributed by atoms with Crippen LogP contribution in [-0.4, -0.2) is 32.4 Å². The van der Waals surface area contributed by atoms with Crippen LogP contribution in [0.15, 0.2) is 80.9 Å². The number of alkyl halides is 1. The summed E-state index contributed by atoms with van der Waals surface area (Å²) in [5.41, 5.74) is 6.22. The SMILES string of the molecule is CCC.CN=C(N)c1ccc2c(=O)n(-c3ccc(NC(=O)NS(=O)C4=CC=CC(Cl)S4)cc3F)ccc2c1. The van der Waals surface area contributed by atoms with E-state index in [2.05, 4.69) is 28.9 Å². The first-order valence-electron chi connectivity index (χ1n) is 11.5. The van der Waals surface area contributed by atoms with Crippen molar-refractivity contribution in [1.82, 2.24) is 9.29 Å². The smallest absolute Gasteiger partial charge is 0.331 e. The zero-order valence-electron chi connectivity index (χ0n) is 20.9. The van der Waals surface area contributed by atoms with E-state index in [0.717, 1.165) is 17.8 Å². The summed E-state index contributed by atoms with van der Waals surface area (Å²) in [6.45, 7) is 4.25. The largest absolute Gasteiger partial charge is 0.384 e. The molecule has 0 aliphatic carbocycles. The molecule has 2 unspecified atom stereocenters. The van der Waals surface area contributed by atoms with E-state index in [1.165, 1.54) is 29.3 Å². The molecule has 38 heavy (non-hydrogen) atoms. The highest BCUT2D eigenvalue weighted by molar-refractivity contribution is 8.17. The number of anilines is 1. The van der Waals surface area contributed by atoms with Crippen LogP contribution >= 0.6 is 23.4 Å². The summed E-state index contributed by atoms with van der Waals surface area (Å²) in [7, 11) is -0.249. The maximum absolute atomic E-state index is 14.9. The molecule has 0 saturated carbocycles. The lowest BCUT2D eigenvalue weighted by Gasteiger charge is -2.14. The molecule has 0 fully saturated rings. The Bertz CT molecular complexity index is 1520. The molecular weight excluding hydrogens is 549 g/mol. The van der Waals surface area contributed by atoms with Crippen molar-refractivity contribution in [3.63, 3.8) is 0 Å². The standard InChI is InChI=1S/C23H19ClFN5O3S2.C3H8/c1-27-21(26)14-5-7-16-13(11-14)9-10-30(22(16)31)18-8-6-15(12-17(18)25)28-23(32)29-35(33)20-4-2-3-19(24)34-20;1-3-2/h2-12,19H,1H3,(H2,26,27)(H2,28,29,32);3H2,1-2H3. The van der Waals surface area contributed by atoms with Crippen LogP contribution in [0.2, 0.25) is 0 Å². The van der Waals surface area contributed by atoms with Crippen molar-refractivity contribution in [3.05, 3.63) is 92.9 Å². The number of nitrogens with one attached hydrogen (secondary N) is 2. The van der Waals surface area contributed by atoms with E-state index in [0.29, 0.717) is 26.4 Å². The van der Waals surface area contributed by atoms with Crippen LogP contribution in [-0.2, 0) is 11.0 Å². The van der Waals surface area contributed by atoms with Crippen molar-refractivity contribution in [2.75, 3.05) is 12.4 Å². The summed E-state index contributed by atoms with van der Waals surface area (Å²) >= 11 is 7.11. The van der Waals surface area contributed by atoms with Crippen LogP contribution in [0, 0.1) is 5.82 Å². The number of urea groups is 1. The number of benzene rings is 2. The Labute approximate surface area is 231 Å². The highest BCUT2D eigenvalue weighted by Crippen LogP contribution is 2.31. The molecule has 12 heteroatoms. The fraction of sp³-hybridized carbons (Fsp3) is 0.192. The molecule has 0 saturated heterocycles. The monoisotopic (exact) mass is 575 g/mol. The van der Waals surface area contributed by atoms with Gasteiger partial charge in [0.15, 0.2) is 11.0 Å². The van der Waals surface area contributed by atoms with Gasteiger partial charge in [0.05, 0.1) is 9.92 Å². The topological polar surface area (TPSA) is 119 Å². The van der Waals surface area contributed by atoms with Crippen LogP contribution in [0.1, 0.15) is 25.8 Å². The van der Waals surface area contributed by atoms with Gasteiger partial charge in [-0.3, -0.25) is 19.1 Å². The second kappa shape index (κ2) is 13.4. The number of rotatable bonds is 5. The van der Waals surface area contributed by atoms with Crippen molar-refractivity contribution in [1.29, 1.82) is 0 Å². The Morgan fingerprint density at radius 1 is 1.24 bits per heavy atom. The van der Waals surface area contributed by atoms with E-state index in [1.807, 2.05) is 0 Å². The fourth-order valence-corrected chi connectivity index (χ4v) is 5.70. The van der Waals surface area contributed by atoms with E-state index in [-0.39, 0.29) is 16.1 Å². The molecule has 0 bridgehead atoms.